The van der Waals surface area contributed by atoms with Crippen LogP contribution in [0.3, 0.4) is 0 Å². The zero-order valence-electron chi connectivity index (χ0n) is 11.3. The number of nitrogens with two attached hydrogens (primary N) is 1. The Labute approximate surface area is 124 Å². The first-order valence-corrected chi connectivity index (χ1v) is 7.13. The maximum absolute atomic E-state index is 12.2. The number of amides is 1. The molecule has 1 amide bonds. The van der Waals surface area contributed by atoms with Crippen LogP contribution in [0.15, 0.2) is 42.5 Å². The summed E-state index contributed by atoms with van der Waals surface area (Å²) in [4.78, 5) is 12.7. The molecular weight excluding hydrogens is 268 g/mol. The van der Waals surface area contributed by atoms with Crippen molar-refractivity contribution in [2.45, 2.75) is 19.3 Å². The molecule has 0 atom stereocenters. The van der Waals surface area contributed by atoms with E-state index in [2.05, 4.69) is 5.32 Å². The number of nitrogens with one attached hydrogen (secondary N) is 1. The maximum atomic E-state index is 12.2. The molecule has 0 saturated carbocycles. The monoisotopic (exact) mass is 286 g/mol. The van der Waals surface area contributed by atoms with E-state index in [0.29, 0.717) is 11.5 Å². The van der Waals surface area contributed by atoms with Gasteiger partial charge in [-0.15, -0.1) is 0 Å². The van der Waals surface area contributed by atoms with Gasteiger partial charge < -0.3 is 11.1 Å². The number of carbonyl (C=O) groups excluding carboxylic acids is 1. The van der Waals surface area contributed by atoms with Gasteiger partial charge in [0.1, 0.15) is 0 Å². The van der Waals surface area contributed by atoms with Gasteiger partial charge in [-0.2, -0.15) is 0 Å². The number of rotatable bonds is 6. The normalized spacial score (nSPS) is 10.4. The topological polar surface area (TPSA) is 55.1 Å². The van der Waals surface area contributed by atoms with Crippen LogP contribution in [0.5, 0.6) is 0 Å². The smallest absolute Gasteiger partial charge is 0.251 e. The fraction of sp³-hybridized carbons (Fsp3) is 0.250. The molecular formula is C16H18N2OS. The summed E-state index contributed by atoms with van der Waals surface area (Å²) in [6.07, 6.45) is 2.53. The zero-order chi connectivity index (χ0) is 14.4. The summed E-state index contributed by atoms with van der Waals surface area (Å²) >= 11 is 4.82. The molecule has 0 aliphatic heterocycles. The fourth-order valence-electron chi connectivity index (χ4n) is 2.14. The van der Waals surface area contributed by atoms with Gasteiger partial charge in [-0.25, -0.2) is 0 Å². The Morgan fingerprint density at radius 2 is 1.85 bits per heavy atom. The molecule has 0 bridgehead atoms. The largest absolute Gasteiger partial charge is 0.393 e. The number of fused-ring (bicyclic) bond motifs is 1. The molecule has 2 aromatic carbocycles. The van der Waals surface area contributed by atoms with E-state index in [0.717, 1.165) is 35.6 Å². The molecule has 3 N–H and O–H groups in total. The summed E-state index contributed by atoms with van der Waals surface area (Å²) in [5, 5.41) is 5.00. The Hall–Kier alpha value is -1.94. The molecule has 2 aromatic rings. The predicted molar refractivity (Wildman–Crippen MR) is 86.9 cm³/mol. The molecule has 0 saturated heterocycles. The van der Waals surface area contributed by atoms with Crippen molar-refractivity contribution in [1.29, 1.82) is 0 Å². The van der Waals surface area contributed by atoms with Crippen molar-refractivity contribution in [2.24, 2.45) is 5.73 Å². The lowest BCUT2D eigenvalue weighted by Crippen LogP contribution is -2.24. The van der Waals surface area contributed by atoms with Crippen LogP contribution < -0.4 is 11.1 Å². The highest BCUT2D eigenvalue weighted by molar-refractivity contribution is 7.80. The van der Waals surface area contributed by atoms with Gasteiger partial charge in [-0.1, -0.05) is 48.6 Å². The van der Waals surface area contributed by atoms with Gasteiger partial charge >= 0.3 is 0 Å². The Kier molecular flexibility index (Phi) is 5.07. The van der Waals surface area contributed by atoms with E-state index in [-0.39, 0.29) is 5.91 Å². The number of thiocarbonyl (C=S) groups is 1. The van der Waals surface area contributed by atoms with Gasteiger partial charge in [0.15, 0.2) is 0 Å². The molecule has 0 fully saturated rings. The second-order valence-corrected chi connectivity index (χ2v) is 5.23. The van der Waals surface area contributed by atoms with Crippen LogP contribution in [0.4, 0.5) is 0 Å². The van der Waals surface area contributed by atoms with Crippen LogP contribution in [0.2, 0.25) is 0 Å². The molecule has 2 rings (SSSR count). The van der Waals surface area contributed by atoms with Crippen LogP contribution in [0.25, 0.3) is 10.8 Å². The van der Waals surface area contributed by atoms with Gasteiger partial charge in [0, 0.05) is 12.1 Å². The fourth-order valence-corrected chi connectivity index (χ4v) is 2.29. The van der Waals surface area contributed by atoms with E-state index in [1.807, 2.05) is 42.5 Å². The van der Waals surface area contributed by atoms with Crippen LogP contribution in [0, 0.1) is 0 Å². The standard InChI is InChI=1S/C16H18N2OS/c17-15(20)10-3-4-11-18-16(19)14-9-5-7-12-6-1-2-8-13(12)14/h1-2,5-9H,3-4,10-11H2,(H2,17,20)(H,18,19). The first-order valence-electron chi connectivity index (χ1n) is 6.73. The summed E-state index contributed by atoms with van der Waals surface area (Å²) < 4.78 is 0. The first kappa shape index (κ1) is 14.5. The second kappa shape index (κ2) is 7.01. The highest BCUT2D eigenvalue weighted by Gasteiger charge is 2.08. The lowest BCUT2D eigenvalue weighted by Gasteiger charge is -2.08. The molecule has 3 nitrogen and oxygen atoms in total. The van der Waals surface area contributed by atoms with Gasteiger partial charge in [0.2, 0.25) is 0 Å². The number of benzene rings is 2. The third-order valence-electron chi connectivity index (χ3n) is 3.17. The zero-order valence-corrected chi connectivity index (χ0v) is 12.1. The maximum Gasteiger partial charge on any atom is 0.251 e. The van der Waals surface area contributed by atoms with E-state index in [9.17, 15) is 4.79 Å². The molecule has 0 aliphatic rings. The Morgan fingerprint density at radius 3 is 2.65 bits per heavy atom. The summed E-state index contributed by atoms with van der Waals surface area (Å²) in [5.41, 5.74) is 6.15. The minimum Gasteiger partial charge on any atom is -0.393 e. The average molecular weight is 286 g/mol. The number of carbonyl (C=O) groups is 1. The molecule has 0 heterocycles. The van der Waals surface area contributed by atoms with E-state index >= 15 is 0 Å². The average Bonchev–Trinajstić information content (AvgIpc) is 2.45. The van der Waals surface area contributed by atoms with Crippen molar-refractivity contribution < 1.29 is 4.79 Å². The van der Waals surface area contributed by atoms with E-state index in [4.69, 9.17) is 18.0 Å². The predicted octanol–water partition coefficient (Wildman–Crippen LogP) is 3.03. The van der Waals surface area contributed by atoms with Gasteiger partial charge in [-0.05, 0) is 36.1 Å². The van der Waals surface area contributed by atoms with Gasteiger partial charge in [0.05, 0.1) is 4.99 Å². The third-order valence-corrected chi connectivity index (χ3v) is 3.37. The van der Waals surface area contributed by atoms with Crippen molar-refractivity contribution in [3.63, 3.8) is 0 Å². The van der Waals surface area contributed by atoms with Gasteiger partial charge in [-0.3, -0.25) is 4.79 Å². The van der Waals surface area contributed by atoms with Crippen molar-refractivity contribution in [1.82, 2.24) is 5.32 Å². The van der Waals surface area contributed by atoms with Crippen molar-refractivity contribution in [2.75, 3.05) is 6.54 Å². The summed E-state index contributed by atoms with van der Waals surface area (Å²) in [6.45, 7) is 0.644. The van der Waals surface area contributed by atoms with Crippen molar-refractivity contribution in [3.8, 4) is 0 Å². The Balaban J connectivity index is 1.96. The highest BCUT2D eigenvalue weighted by Crippen LogP contribution is 2.18. The van der Waals surface area contributed by atoms with Crippen LogP contribution in [-0.4, -0.2) is 17.4 Å². The van der Waals surface area contributed by atoms with E-state index in [1.165, 1.54) is 0 Å². The molecule has 0 spiro atoms. The first-order chi connectivity index (χ1) is 9.68. The Bertz CT molecular complexity index is 619. The minimum absolute atomic E-state index is 0.0304. The number of hydrogen-bond donors (Lipinski definition) is 2. The van der Waals surface area contributed by atoms with Gasteiger partial charge in [0.25, 0.3) is 5.91 Å². The molecule has 0 aliphatic carbocycles. The molecule has 0 unspecified atom stereocenters. The SMILES string of the molecule is NC(=S)CCCCNC(=O)c1cccc2ccccc12. The number of hydrogen-bond acceptors (Lipinski definition) is 2. The lowest BCUT2D eigenvalue weighted by molar-refractivity contribution is 0.0954. The van der Waals surface area contributed by atoms with Crippen LogP contribution in [-0.2, 0) is 0 Å². The molecule has 104 valence electrons. The van der Waals surface area contributed by atoms with Crippen molar-refractivity contribution in [3.05, 3.63) is 48.0 Å². The Morgan fingerprint density at radius 1 is 1.10 bits per heavy atom. The van der Waals surface area contributed by atoms with Crippen molar-refractivity contribution >= 4 is 33.9 Å². The third kappa shape index (κ3) is 3.78. The lowest BCUT2D eigenvalue weighted by atomic mass is 10.0. The summed E-state index contributed by atoms with van der Waals surface area (Å²) in [7, 11) is 0. The second-order valence-electron chi connectivity index (χ2n) is 4.71. The van der Waals surface area contributed by atoms with E-state index < -0.39 is 0 Å². The molecule has 4 heteroatoms. The van der Waals surface area contributed by atoms with Crippen LogP contribution >= 0.6 is 12.2 Å². The summed E-state index contributed by atoms with van der Waals surface area (Å²) in [6, 6.07) is 13.7. The van der Waals surface area contributed by atoms with Crippen LogP contribution in [0.1, 0.15) is 29.6 Å². The molecule has 0 radical (unpaired) electrons. The minimum atomic E-state index is -0.0304. The molecule has 0 aromatic heterocycles. The summed E-state index contributed by atoms with van der Waals surface area (Å²) in [5.74, 6) is -0.0304. The molecule has 20 heavy (non-hydrogen) atoms. The highest BCUT2D eigenvalue weighted by atomic mass is 32.1. The number of unbranched alkanes of at least 4 members (excludes halogenated alkanes) is 1. The van der Waals surface area contributed by atoms with E-state index in [1.54, 1.807) is 0 Å². The quantitative estimate of drug-likeness (QED) is 0.634.